The molecule has 1 atom stereocenters. The summed E-state index contributed by atoms with van der Waals surface area (Å²) in [4.78, 5) is 16.9. The highest BCUT2D eigenvalue weighted by Crippen LogP contribution is 2.28. The zero-order chi connectivity index (χ0) is 18.0. The number of hydrogen-bond acceptors (Lipinski definition) is 4. The third-order valence-corrected chi connectivity index (χ3v) is 4.72. The summed E-state index contributed by atoms with van der Waals surface area (Å²) in [5.74, 6) is -0.295. The lowest BCUT2D eigenvalue weighted by Crippen LogP contribution is -2.45. The molecule has 0 saturated carbocycles. The Morgan fingerprint density at radius 1 is 1.24 bits per heavy atom. The molecule has 1 saturated heterocycles. The van der Waals surface area contributed by atoms with E-state index in [1.54, 1.807) is 12.1 Å². The van der Waals surface area contributed by atoms with Crippen LogP contribution < -0.4 is 10.2 Å². The number of halogens is 1. The minimum absolute atomic E-state index is 0.288. The summed E-state index contributed by atoms with van der Waals surface area (Å²) in [6, 6.07) is 6.20. The Labute approximate surface area is 147 Å². The molecule has 2 heterocycles. The molecule has 1 N–H and O–H groups in total. The predicted octanol–water partition coefficient (Wildman–Crippen LogP) is 2.97. The summed E-state index contributed by atoms with van der Waals surface area (Å²) >= 11 is 0. The van der Waals surface area contributed by atoms with Gasteiger partial charge in [-0.05, 0) is 45.2 Å². The lowest BCUT2D eigenvalue weighted by atomic mass is 10.0. The number of nitrogens with zero attached hydrogens (tertiary/aromatic N) is 2. The van der Waals surface area contributed by atoms with E-state index in [-0.39, 0.29) is 17.8 Å². The van der Waals surface area contributed by atoms with Gasteiger partial charge in [0, 0.05) is 43.0 Å². The van der Waals surface area contributed by atoms with Crippen molar-refractivity contribution in [2.45, 2.75) is 19.9 Å². The zero-order valence-electron chi connectivity index (χ0n) is 14.9. The topological polar surface area (TPSA) is 48.7 Å². The second-order valence-electron chi connectivity index (χ2n) is 6.62. The van der Waals surface area contributed by atoms with Crippen LogP contribution in [0.4, 0.5) is 10.1 Å². The van der Waals surface area contributed by atoms with Crippen molar-refractivity contribution in [1.29, 1.82) is 0 Å². The number of anilines is 1. The van der Waals surface area contributed by atoms with E-state index in [1.807, 2.05) is 13.8 Å². The first-order chi connectivity index (χ1) is 12.0. The van der Waals surface area contributed by atoms with Crippen LogP contribution in [0.3, 0.4) is 0 Å². The van der Waals surface area contributed by atoms with Crippen LogP contribution in [0.2, 0.25) is 0 Å². The summed E-state index contributed by atoms with van der Waals surface area (Å²) < 4.78 is 19.1. The Hall–Kier alpha value is -2.34. The van der Waals surface area contributed by atoms with Crippen LogP contribution in [0.5, 0.6) is 0 Å². The number of amides is 1. The van der Waals surface area contributed by atoms with Crippen molar-refractivity contribution in [2.24, 2.45) is 0 Å². The number of furan rings is 1. The minimum atomic E-state index is -0.331. The van der Waals surface area contributed by atoms with Crippen LogP contribution in [0, 0.1) is 12.7 Å². The van der Waals surface area contributed by atoms with Crippen LogP contribution in [0.1, 0.15) is 34.6 Å². The Morgan fingerprint density at radius 3 is 2.60 bits per heavy atom. The van der Waals surface area contributed by atoms with E-state index in [1.165, 1.54) is 18.4 Å². The lowest BCUT2D eigenvalue weighted by molar-refractivity contribution is 0.0911. The number of nitrogens with one attached hydrogen (secondary N) is 1. The van der Waals surface area contributed by atoms with Crippen molar-refractivity contribution in [2.75, 3.05) is 38.1 Å². The fourth-order valence-electron chi connectivity index (χ4n) is 3.15. The number of carbonyl (C=O) groups excluding carboxylic acids is 1. The van der Waals surface area contributed by atoms with Crippen LogP contribution >= 0.6 is 0 Å². The van der Waals surface area contributed by atoms with Crippen molar-refractivity contribution in [1.82, 2.24) is 10.2 Å². The molecule has 0 radical (unpaired) electrons. The van der Waals surface area contributed by atoms with Crippen molar-refractivity contribution in [3.63, 3.8) is 0 Å². The molecule has 0 unspecified atom stereocenters. The van der Waals surface area contributed by atoms with E-state index in [4.69, 9.17) is 4.42 Å². The molecule has 1 aliphatic heterocycles. The molecule has 3 rings (SSSR count). The van der Waals surface area contributed by atoms with Gasteiger partial charge in [-0.2, -0.15) is 0 Å². The maximum Gasteiger partial charge on any atom is 0.287 e. The highest BCUT2D eigenvalue weighted by atomic mass is 19.1. The average molecular weight is 345 g/mol. The second-order valence-corrected chi connectivity index (χ2v) is 6.62. The first-order valence-corrected chi connectivity index (χ1v) is 8.53. The van der Waals surface area contributed by atoms with Crippen molar-refractivity contribution < 1.29 is 13.6 Å². The van der Waals surface area contributed by atoms with E-state index in [0.717, 1.165) is 43.0 Å². The van der Waals surface area contributed by atoms with Crippen LogP contribution in [0.15, 0.2) is 34.9 Å². The van der Waals surface area contributed by atoms with Gasteiger partial charge in [0.15, 0.2) is 5.76 Å². The second kappa shape index (κ2) is 7.27. The minimum Gasteiger partial charge on any atom is -0.459 e. The molecule has 1 fully saturated rings. The SMILES string of the molecule is Cc1ccoc1C(=O)N[C@@H](C)c1cc(F)ccc1N1CCN(C)CC1. The van der Waals surface area contributed by atoms with Gasteiger partial charge in [-0.25, -0.2) is 4.39 Å². The largest absolute Gasteiger partial charge is 0.459 e. The fraction of sp³-hybridized carbons (Fsp3) is 0.421. The Kier molecular flexibility index (Phi) is 5.08. The number of rotatable bonds is 4. The van der Waals surface area contributed by atoms with Gasteiger partial charge in [-0.3, -0.25) is 4.79 Å². The number of benzene rings is 1. The number of piperazine rings is 1. The number of hydrogen-bond donors (Lipinski definition) is 1. The molecule has 1 aliphatic rings. The molecular formula is C19H24FN3O2. The molecule has 1 aromatic heterocycles. The molecular weight excluding hydrogens is 321 g/mol. The van der Waals surface area contributed by atoms with Gasteiger partial charge in [0.05, 0.1) is 12.3 Å². The molecule has 1 aromatic carbocycles. The summed E-state index contributed by atoms with van der Waals surface area (Å²) in [7, 11) is 2.09. The van der Waals surface area contributed by atoms with Crippen LogP contribution in [-0.2, 0) is 0 Å². The molecule has 1 amide bonds. The maximum absolute atomic E-state index is 13.9. The molecule has 2 aromatic rings. The van der Waals surface area contributed by atoms with Gasteiger partial charge < -0.3 is 19.5 Å². The monoisotopic (exact) mass is 345 g/mol. The normalized spacial score (nSPS) is 16.7. The average Bonchev–Trinajstić information content (AvgIpc) is 3.02. The molecule has 6 heteroatoms. The first-order valence-electron chi connectivity index (χ1n) is 8.53. The Balaban J connectivity index is 1.81. The fourth-order valence-corrected chi connectivity index (χ4v) is 3.15. The Bertz CT molecular complexity index is 751. The van der Waals surface area contributed by atoms with Gasteiger partial charge >= 0.3 is 0 Å². The van der Waals surface area contributed by atoms with Crippen molar-refractivity contribution in [3.8, 4) is 0 Å². The van der Waals surface area contributed by atoms with Gasteiger partial charge in [-0.1, -0.05) is 0 Å². The first kappa shape index (κ1) is 17.5. The highest BCUT2D eigenvalue weighted by molar-refractivity contribution is 5.93. The van der Waals surface area contributed by atoms with Gasteiger partial charge in [0.1, 0.15) is 5.82 Å². The van der Waals surface area contributed by atoms with E-state index in [9.17, 15) is 9.18 Å². The zero-order valence-corrected chi connectivity index (χ0v) is 14.9. The number of likely N-dealkylation sites (N-methyl/N-ethyl adjacent to an activating group) is 1. The molecule has 0 bridgehead atoms. The van der Waals surface area contributed by atoms with Gasteiger partial charge in [0.2, 0.25) is 0 Å². The number of carbonyl (C=O) groups is 1. The standard InChI is InChI=1S/C19H24FN3O2/c1-13-6-11-25-18(13)19(24)21-14(2)16-12-15(20)4-5-17(16)23-9-7-22(3)8-10-23/h4-6,11-12,14H,7-10H2,1-3H3,(H,21,24)/t14-/m0/s1. The Morgan fingerprint density at radius 2 is 1.96 bits per heavy atom. The van der Waals surface area contributed by atoms with E-state index in [2.05, 4.69) is 22.2 Å². The summed E-state index contributed by atoms with van der Waals surface area (Å²) in [5, 5.41) is 2.92. The molecule has 5 nitrogen and oxygen atoms in total. The quantitative estimate of drug-likeness (QED) is 0.926. The van der Waals surface area contributed by atoms with E-state index in [0.29, 0.717) is 5.76 Å². The molecule has 134 valence electrons. The third-order valence-electron chi connectivity index (χ3n) is 4.72. The number of aryl methyl sites for hydroxylation is 1. The van der Waals surface area contributed by atoms with Crippen LogP contribution in [-0.4, -0.2) is 44.0 Å². The lowest BCUT2D eigenvalue weighted by Gasteiger charge is -2.36. The smallest absolute Gasteiger partial charge is 0.287 e. The van der Waals surface area contributed by atoms with Crippen LogP contribution in [0.25, 0.3) is 0 Å². The van der Waals surface area contributed by atoms with Crippen molar-refractivity contribution in [3.05, 3.63) is 53.2 Å². The van der Waals surface area contributed by atoms with Gasteiger partial charge in [-0.15, -0.1) is 0 Å². The van der Waals surface area contributed by atoms with Gasteiger partial charge in [0.25, 0.3) is 5.91 Å². The van der Waals surface area contributed by atoms with Crippen molar-refractivity contribution >= 4 is 11.6 Å². The third kappa shape index (κ3) is 3.85. The highest BCUT2D eigenvalue weighted by Gasteiger charge is 2.22. The molecule has 25 heavy (non-hydrogen) atoms. The summed E-state index contributed by atoms with van der Waals surface area (Å²) in [6.07, 6.45) is 1.49. The molecule has 0 spiro atoms. The summed E-state index contributed by atoms with van der Waals surface area (Å²) in [5.41, 5.74) is 2.53. The van der Waals surface area contributed by atoms with E-state index >= 15 is 0 Å². The van der Waals surface area contributed by atoms with E-state index < -0.39 is 0 Å². The molecule has 0 aliphatic carbocycles. The predicted molar refractivity (Wildman–Crippen MR) is 95.4 cm³/mol. The maximum atomic E-state index is 13.9. The summed E-state index contributed by atoms with van der Waals surface area (Å²) in [6.45, 7) is 7.37.